The van der Waals surface area contributed by atoms with Crippen LogP contribution in [0.5, 0.6) is 5.75 Å². The van der Waals surface area contributed by atoms with Crippen molar-refractivity contribution in [1.82, 2.24) is 0 Å². The van der Waals surface area contributed by atoms with Crippen LogP contribution in [0.25, 0.3) is 11.1 Å². The molecule has 1 amide bonds. The van der Waals surface area contributed by atoms with E-state index >= 15 is 0 Å². The Morgan fingerprint density at radius 3 is 2.12 bits per heavy atom. The van der Waals surface area contributed by atoms with Crippen molar-refractivity contribution in [1.29, 1.82) is 0 Å². The first-order chi connectivity index (χ1) is 12.5. The second-order valence-corrected chi connectivity index (χ2v) is 6.44. The lowest BCUT2D eigenvalue weighted by Gasteiger charge is -2.14. The van der Waals surface area contributed by atoms with Crippen LogP contribution in [-0.4, -0.2) is 23.5 Å². The molecule has 0 saturated carbocycles. The predicted octanol–water partition coefficient (Wildman–Crippen LogP) is 4.88. The van der Waals surface area contributed by atoms with Crippen molar-refractivity contribution in [3.05, 3.63) is 42.0 Å². The highest BCUT2D eigenvalue weighted by Gasteiger charge is 2.10. The Morgan fingerprint density at radius 1 is 1.04 bits per heavy atom. The molecule has 0 bridgehead atoms. The number of primary amides is 1. The van der Waals surface area contributed by atoms with Crippen LogP contribution < -0.4 is 15.2 Å². The second kappa shape index (κ2) is 11.6. The number of phenols is 1. The van der Waals surface area contributed by atoms with Gasteiger partial charge in [0.1, 0.15) is 5.75 Å². The highest BCUT2D eigenvalue weighted by atomic mass is 32.2. The summed E-state index contributed by atoms with van der Waals surface area (Å²) in [6.45, 7) is 4.00. The van der Waals surface area contributed by atoms with E-state index in [0.717, 1.165) is 28.1 Å². The molecular formula is C19H27N3O2S2. The quantitative estimate of drug-likeness (QED) is 0.478. The van der Waals surface area contributed by atoms with E-state index in [2.05, 4.69) is 9.44 Å². The smallest absolute Gasteiger partial charge is 0.217 e. The van der Waals surface area contributed by atoms with Gasteiger partial charge in [-0.25, -0.2) is 0 Å². The number of rotatable bonds is 8. The first-order valence-corrected chi connectivity index (χ1v) is 10.8. The molecule has 0 unspecified atom stereocenters. The summed E-state index contributed by atoms with van der Waals surface area (Å²) < 4.78 is 6.48. The Hall–Kier alpha value is -1.99. The SMILES string of the molecule is CC.CSNc1cc(NSC)cc(-c2ccc(O)cc2CCC(N)=O)c1. The summed E-state index contributed by atoms with van der Waals surface area (Å²) in [4.78, 5) is 11.1. The number of phenolic OH excluding ortho intramolecular Hbond substituents is 1. The molecule has 0 aliphatic heterocycles. The van der Waals surface area contributed by atoms with Gasteiger partial charge in [0.05, 0.1) is 0 Å². The molecule has 0 atom stereocenters. The summed E-state index contributed by atoms with van der Waals surface area (Å²) in [6.07, 6.45) is 4.67. The maximum Gasteiger partial charge on any atom is 0.217 e. The fourth-order valence-electron chi connectivity index (χ4n) is 2.46. The molecule has 5 nitrogen and oxygen atoms in total. The van der Waals surface area contributed by atoms with E-state index in [1.54, 1.807) is 12.1 Å². The van der Waals surface area contributed by atoms with Crippen molar-refractivity contribution in [2.45, 2.75) is 26.7 Å². The predicted molar refractivity (Wildman–Crippen MR) is 117 cm³/mol. The number of carbonyl (C=O) groups is 1. The monoisotopic (exact) mass is 393 g/mol. The van der Waals surface area contributed by atoms with Crippen LogP contribution in [0.4, 0.5) is 11.4 Å². The summed E-state index contributed by atoms with van der Waals surface area (Å²) in [5.41, 5.74) is 10.1. The summed E-state index contributed by atoms with van der Waals surface area (Å²) >= 11 is 3.04. The van der Waals surface area contributed by atoms with Gasteiger partial charge in [-0.05, 0) is 53.4 Å². The number of amides is 1. The lowest BCUT2D eigenvalue weighted by Crippen LogP contribution is -2.11. The van der Waals surface area contributed by atoms with Crippen molar-refractivity contribution in [2.75, 3.05) is 22.0 Å². The number of anilines is 2. The van der Waals surface area contributed by atoms with Crippen molar-refractivity contribution < 1.29 is 9.90 Å². The molecule has 5 N–H and O–H groups in total. The number of carbonyl (C=O) groups excluding carboxylic acids is 1. The summed E-state index contributed by atoms with van der Waals surface area (Å²) in [6, 6.07) is 11.3. The van der Waals surface area contributed by atoms with E-state index in [4.69, 9.17) is 5.73 Å². The number of aromatic hydroxyl groups is 1. The molecule has 2 aromatic rings. The number of hydrogen-bond donors (Lipinski definition) is 4. The van der Waals surface area contributed by atoms with Gasteiger partial charge in [-0.3, -0.25) is 4.79 Å². The van der Waals surface area contributed by atoms with Crippen LogP contribution in [0, 0.1) is 0 Å². The zero-order valence-electron chi connectivity index (χ0n) is 15.6. The first-order valence-electron chi connectivity index (χ1n) is 8.37. The van der Waals surface area contributed by atoms with Crippen molar-refractivity contribution in [3.8, 4) is 16.9 Å². The maximum atomic E-state index is 11.1. The van der Waals surface area contributed by atoms with Crippen molar-refractivity contribution in [2.24, 2.45) is 5.73 Å². The molecule has 0 saturated heterocycles. The van der Waals surface area contributed by atoms with E-state index in [9.17, 15) is 9.90 Å². The molecule has 2 rings (SSSR count). The Kier molecular flexibility index (Phi) is 9.83. The molecule has 7 heteroatoms. The van der Waals surface area contributed by atoms with Gasteiger partial charge in [0.15, 0.2) is 0 Å². The molecular weight excluding hydrogens is 366 g/mol. The standard InChI is InChI=1S/C17H21N3O2S2.C2H6/c1-23-19-13-7-12(8-14(10-13)20-24-2)16-5-4-15(21)9-11(16)3-6-17(18)22;1-2/h4-5,7-10,19-21H,3,6H2,1-2H3,(H2,18,22);1-2H3. The van der Waals surface area contributed by atoms with Crippen molar-refractivity contribution >= 4 is 41.2 Å². The van der Waals surface area contributed by atoms with Crippen LogP contribution in [0.15, 0.2) is 36.4 Å². The molecule has 26 heavy (non-hydrogen) atoms. The normalized spacial score (nSPS) is 9.85. The summed E-state index contributed by atoms with van der Waals surface area (Å²) in [7, 11) is 0. The first kappa shape index (κ1) is 22.1. The molecule has 0 fully saturated rings. The lowest BCUT2D eigenvalue weighted by molar-refractivity contribution is -0.117. The number of aryl methyl sites for hydroxylation is 1. The number of hydrogen-bond acceptors (Lipinski definition) is 6. The van der Waals surface area contributed by atoms with Gasteiger partial charge in [-0.1, -0.05) is 43.8 Å². The highest BCUT2D eigenvalue weighted by Crippen LogP contribution is 2.33. The molecule has 0 radical (unpaired) electrons. The molecule has 0 aliphatic carbocycles. The molecule has 0 aromatic heterocycles. The van der Waals surface area contributed by atoms with Crippen LogP contribution in [0.3, 0.4) is 0 Å². The van der Waals surface area contributed by atoms with Crippen LogP contribution in [0.1, 0.15) is 25.8 Å². The van der Waals surface area contributed by atoms with E-state index in [1.807, 2.05) is 50.6 Å². The van der Waals surface area contributed by atoms with Gasteiger partial charge in [0.2, 0.25) is 5.91 Å². The van der Waals surface area contributed by atoms with Gasteiger partial charge in [-0.2, -0.15) is 0 Å². The number of nitrogens with one attached hydrogen (secondary N) is 2. The molecule has 142 valence electrons. The lowest BCUT2D eigenvalue weighted by atomic mass is 9.95. The maximum absolute atomic E-state index is 11.1. The van der Waals surface area contributed by atoms with E-state index in [-0.39, 0.29) is 18.1 Å². The zero-order valence-corrected chi connectivity index (χ0v) is 17.3. The third-order valence-electron chi connectivity index (χ3n) is 3.41. The minimum Gasteiger partial charge on any atom is -0.508 e. The van der Waals surface area contributed by atoms with Gasteiger partial charge >= 0.3 is 0 Å². The molecule has 0 spiro atoms. The second-order valence-electron chi connectivity index (χ2n) is 5.22. The third-order valence-corrected chi connectivity index (χ3v) is 4.29. The highest BCUT2D eigenvalue weighted by molar-refractivity contribution is 8.00. The van der Waals surface area contributed by atoms with E-state index in [1.165, 1.54) is 23.9 Å². The summed E-state index contributed by atoms with van der Waals surface area (Å²) in [5.74, 6) is -0.175. The average molecular weight is 394 g/mol. The zero-order chi connectivity index (χ0) is 19.5. The molecule has 0 aliphatic rings. The van der Waals surface area contributed by atoms with Crippen LogP contribution >= 0.6 is 23.9 Å². The molecule has 0 heterocycles. The van der Waals surface area contributed by atoms with E-state index < -0.39 is 0 Å². The summed E-state index contributed by atoms with van der Waals surface area (Å²) in [5, 5.41) is 9.78. The Labute approximate surface area is 164 Å². The van der Waals surface area contributed by atoms with Gasteiger partial charge in [0, 0.05) is 30.3 Å². The topological polar surface area (TPSA) is 87.4 Å². The van der Waals surface area contributed by atoms with Crippen LogP contribution in [-0.2, 0) is 11.2 Å². The fourth-order valence-corrected chi connectivity index (χ4v) is 3.17. The van der Waals surface area contributed by atoms with Gasteiger partial charge < -0.3 is 20.3 Å². The largest absolute Gasteiger partial charge is 0.508 e. The number of benzene rings is 2. The van der Waals surface area contributed by atoms with E-state index in [0.29, 0.717) is 6.42 Å². The Morgan fingerprint density at radius 2 is 1.62 bits per heavy atom. The number of nitrogens with two attached hydrogens (primary N) is 1. The third kappa shape index (κ3) is 6.72. The fraction of sp³-hybridized carbons (Fsp3) is 0.316. The van der Waals surface area contributed by atoms with Crippen LogP contribution in [0.2, 0.25) is 0 Å². The van der Waals surface area contributed by atoms with Crippen molar-refractivity contribution in [3.63, 3.8) is 0 Å². The Balaban J connectivity index is 0.00000163. The molecule has 2 aromatic carbocycles. The van der Waals surface area contributed by atoms with Gasteiger partial charge in [-0.15, -0.1) is 0 Å². The minimum absolute atomic E-state index is 0.180. The minimum atomic E-state index is -0.355. The van der Waals surface area contributed by atoms with Gasteiger partial charge in [0.25, 0.3) is 0 Å². The Bertz CT molecular complexity index is 700. The average Bonchev–Trinajstić information content (AvgIpc) is 2.62.